The van der Waals surface area contributed by atoms with Gasteiger partial charge in [0.05, 0.1) is 4.90 Å². The van der Waals surface area contributed by atoms with Crippen molar-refractivity contribution in [2.45, 2.75) is 37.7 Å². The third-order valence-electron chi connectivity index (χ3n) is 2.43. The first-order valence-corrected chi connectivity index (χ1v) is 7.01. The molecule has 0 spiro atoms. The van der Waals surface area contributed by atoms with Crippen LogP contribution in [0.3, 0.4) is 0 Å². The number of carboxylic acids is 1. The molecule has 0 saturated heterocycles. The summed E-state index contributed by atoms with van der Waals surface area (Å²) in [7, 11) is -4.04. The van der Waals surface area contributed by atoms with Gasteiger partial charge < -0.3 is 5.11 Å². The summed E-state index contributed by atoms with van der Waals surface area (Å²) in [6.45, 7) is 3.39. The van der Waals surface area contributed by atoms with Gasteiger partial charge in [0.15, 0.2) is 6.10 Å². The molecule has 0 aliphatic carbocycles. The van der Waals surface area contributed by atoms with Crippen LogP contribution in [0.4, 0.5) is 0 Å². The maximum atomic E-state index is 12.0. The number of carboxylic acid groups (broad SMARTS) is 1. The summed E-state index contributed by atoms with van der Waals surface area (Å²) in [6, 6.07) is 6.30. The first-order chi connectivity index (χ1) is 8.38. The maximum absolute atomic E-state index is 12.0. The molecule has 6 heteroatoms. The lowest BCUT2D eigenvalue weighted by molar-refractivity contribution is -0.145. The lowest BCUT2D eigenvalue weighted by Crippen LogP contribution is -2.27. The number of carbonyl (C=O) groups is 1. The zero-order valence-electron chi connectivity index (χ0n) is 10.3. The molecule has 1 aromatic rings. The molecule has 0 bridgehead atoms. The van der Waals surface area contributed by atoms with Gasteiger partial charge in [0, 0.05) is 0 Å². The molecule has 0 aliphatic heterocycles. The van der Waals surface area contributed by atoms with Crippen molar-refractivity contribution in [3.8, 4) is 0 Å². The van der Waals surface area contributed by atoms with E-state index in [1.54, 1.807) is 32.0 Å². The van der Waals surface area contributed by atoms with Gasteiger partial charge in [-0.3, -0.25) is 4.18 Å². The fraction of sp³-hybridized carbons (Fsp3) is 0.417. The highest BCUT2D eigenvalue weighted by Crippen LogP contribution is 2.19. The lowest BCUT2D eigenvalue weighted by atomic mass is 10.2. The van der Waals surface area contributed by atoms with Crippen LogP contribution in [0.25, 0.3) is 0 Å². The van der Waals surface area contributed by atoms with E-state index >= 15 is 0 Å². The van der Waals surface area contributed by atoms with Gasteiger partial charge in [-0.25, -0.2) is 4.79 Å². The van der Waals surface area contributed by atoms with Crippen molar-refractivity contribution in [2.75, 3.05) is 0 Å². The highest BCUT2D eigenvalue weighted by molar-refractivity contribution is 7.86. The largest absolute Gasteiger partial charge is 0.479 e. The molecular weight excluding hydrogens is 256 g/mol. The molecule has 1 atom stereocenters. The average Bonchev–Trinajstić information content (AvgIpc) is 2.28. The van der Waals surface area contributed by atoms with Crippen LogP contribution in [0.1, 0.15) is 25.3 Å². The van der Waals surface area contributed by atoms with E-state index in [9.17, 15) is 13.2 Å². The summed E-state index contributed by atoms with van der Waals surface area (Å²) < 4.78 is 28.7. The number of hydrogen-bond acceptors (Lipinski definition) is 4. The van der Waals surface area contributed by atoms with Crippen molar-refractivity contribution in [1.29, 1.82) is 0 Å². The second-order valence-corrected chi connectivity index (χ2v) is 5.47. The van der Waals surface area contributed by atoms with E-state index in [1.165, 1.54) is 6.07 Å². The predicted octanol–water partition coefficient (Wildman–Crippen LogP) is 1.95. The molecule has 0 radical (unpaired) electrons. The average molecular weight is 272 g/mol. The van der Waals surface area contributed by atoms with Gasteiger partial charge in [-0.05, 0) is 25.0 Å². The smallest absolute Gasteiger partial charge is 0.334 e. The molecule has 1 aromatic carbocycles. The minimum atomic E-state index is -4.04. The van der Waals surface area contributed by atoms with Crippen molar-refractivity contribution in [1.82, 2.24) is 0 Å². The highest BCUT2D eigenvalue weighted by atomic mass is 32.2. The lowest BCUT2D eigenvalue weighted by Gasteiger charge is -2.13. The third-order valence-corrected chi connectivity index (χ3v) is 3.91. The van der Waals surface area contributed by atoms with E-state index in [2.05, 4.69) is 0 Å². The Morgan fingerprint density at radius 2 is 2.00 bits per heavy atom. The van der Waals surface area contributed by atoms with E-state index in [1.807, 2.05) is 0 Å². The van der Waals surface area contributed by atoms with E-state index < -0.39 is 22.2 Å². The second-order valence-electron chi connectivity index (χ2n) is 3.93. The molecule has 0 amide bonds. The Morgan fingerprint density at radius 3 is 2.50 bits per heavy atom. The zero-order chi connectivity index (χ0) is 13.8. The Hall–Kier alpha value is -1.40. The SMILES string of the molecule is CCCC(OS(=O)(=O)c1ccccc1C)C(=O)O. The van der Waals surface area contributed by atoms with Crippen LogP contribution in [-0.2, 0) is 19.1 Å². The fourth-order valence-corrected chi connectivity index (χ4v) is 2.81. The Morgan fingerprint density at radius 1 is 1.39 bits per heavy atom. The summed E-state index contributed by atoms with van der Waals surface area (Å²) in [6.07, 6.45) is -0.652. The van der Waals surface area contributed by atoms with E-state index in [0.717, 1.165) is 0 Å². The van der Waals surface area contributed by atoms with Crippen LogP contribution in [0.15, 0.2) is 29.2 Å². The monoisotopic (exact) mass is 272 g/mol. The molecule has 1 N–H and O–H groups in total. The van der Waals surface area contributed by atoms with Gasteiger partial charge in [0.1, 0.15) is 0 Å². The van der Waals surface area contributed by atoms with Gasteiger partial charge in [-0.1, -0.05) is 31.5 Å². The van der Waals surface area contributed by atoms with Crippen molar-refractivity contribution >= 4 is 16.1 Å². The van der Waals surface area contributed by atoms with Gasteiger partial charge in [-0.2, -0.15) is 8.42 Å². The molecule has 5 nitrogen and oxygen atoms in total. The molecular formula is C12H16O5S. The molecule has 0 aromatic heterocycles. The number of rotatable bonds is 6. The van der Waals surface area contributed by atoms with Crippen LogP contribution >= 0.6 is 0 Å². The molecule has 1 rings (SSSR count). The van der Waals surface area contributed by atoms with Crippen molar-refractivity contribution in [3.63, 3.8) is 0 Å². The summed E-state index contributed by atoms with van der Waals surface area (Å²) in [5.74, 6) is -1.27. The minimum Gasteiger partial charge on any atom is -0.479 e. The Balaban J connectivity index is 3.01. The van der Waals surface area contributed by atoms with Gasteiger partial charge in [-0.15, -0.1) is 0 Å². The molecule has 0 heterocycles. The number of aryl methyl sites for hydroxylation is 1. The van der Waals surface area contributed by atoms with E-state index in [4.69, 9.17) is 9.29 Å². The van der Waals surface area contributed by atoms with Gasteiger partial charge in [0.2, 0.25) is 0 Å². The van der Waals surface area contributed by atoms with Crippen LogP contribution in [0.5, 0.6) is 0 Å². The second kappa shape index (κ2) is 5.97. The van der Waals surface area contributed by atoms with Crippen LogP contribution in [-0.4, -0.2) is 25.6 Å². The number of benzene rings is 1. The van der Waals surface area contributed by atoms with E-state index in [0.29, 0.717) is 12.0 Å². The topological polar surface area (TPSA) is 80.7 Å². The van der Waals surface area contributed by atoms with Crippen LogP contribution in [0, 0.1) is 6.92 Å². The zero-order valence-corrected chi connectivity index (χ0v) is 11.1. The van der Waals surface area contributed by atoms with Gasteiger partial charge >= 0.3 is 5.97 Å². The molecule has 1 unspecified atom stereocenters. The Kier molecular flexibility index (Phi) is 4.86. The van der Waals surface area contributed by atoms with Crippen LogP contribution in [0.2, 0.25) is 0 Å². The van der Waals surface area contributed by atoms with E-state index in [-0.39, 0.29) is 11.3 Å². The number of aliphatic carboxylic acids is 1. The first-order valence-electron chi connectivity index (χ1n) is 5.60. The molecule has 100 valence electrons. The molecule has 0 fully saturated rings. The number of hydrogen-bond donors (Lipinski definition) is 1. The summed E-state index contributed by atoms with van der Waals surface area (Å²) in [5, 5.41) is 8.89. The quantitative estimate of drug-likeness (QED) is 0.800. The summed E-state index contributed by atoms with van der Waals surface area (Å²) in [5.41, 5.74) is 0.526. The molecule has 0 aliphatic rings. The molecule has 18 heavy (non-hydrogen) atoms. The fourth-order valence-electron chi connectivity index (χ4n) is 1.52. The van der Waals surface area contributed by atoms with Crippen LogP contribution < -0.4 is 0 Å². The first kappa shape index (κ1) is 14.7. The van der Waals surface area contributed by atoms with Crippen molar-refractivity contribution in [2.24, 2.45) is 0 Å². The minimum absolute atomic E-state index is 0.00681. The Labute approximate surface area is 107 Å². The summed E-state index contributed by atoms with van der Waals surface area (Å²) >= 11 is 0. The molecule has 0 saturated carbocycles. The van der Waals surface area contributed by atoms with Gasteiger partial charge in [0.25, 0.3) is 10.1 Å². The summed E-state index contributed by atoms with van der Waals surface area (Å²) in [4.78, 5) is 10.9. The Bertz CT molecular complexity index is 521. The van der Waals surface area contributed by atoms with Crippen molar-refractivity contribution < 1.29 is 22.5 Å². The highest BCUT2D eigenvalue weighted by Gasteiger charge is 2.27. The normalized spacial score (nSPS) is 13.2. The third kappa shape index (κ3) is 3.54. The standard InChI is InChI=1S/C12H16O5S/c1-3-6-10(12(13)14)17-18(15,16)11-8-5-4-7-9(11)2/h4-5,7-8,10H,3,6H2,1-2H3,(H,13,14). The van der Waals surface area contributed by atoms with Crippen molar-refractivity contribution in [3.05, 3.63) is 29.8 Å². The maximum Gasteiger partial charge on any atom is 0.334 e. The predicted molar refractivity (Wildman–Crippen MR) is 65.8 cm³/mol.